The topological polar surface area (TPSA) is 105 Å². The van der Waals surface area contributed by atoms with Gasteiger partial charge < -0.3 is 15.2 Å². The van der Waals surface area contributed by atoms with Gasteiger partial charge in [0.1, 0.15) is 0 Å². The highest BCUT2D eigenvalue weighted by Crippen LogP contribution is 2.26. The van der Waals surface area contributed by atoms with E-state index in [9.17, 15) is 18.3 Å². The number of sulfonamides is 1. The minimum Gasteiger partial charge on any atom is -0.504 e. The Balaban J connectivity index is 2.48. The van der Waals surface area contributed by atoms with Crippen LogP contribution >= 0.6 is 0 Å². The van der Waals surface area contributed by atoms with Crippen molar-refractivity contribution in [2.45, 2.75) is 19.4 Å². The Morgan fingerprint density at radius 3 is 2.67 bits per heavy atom. The first kappa shape index (κ1) is 17.3. The summed E-state index contributed by atoms with van der Waals surface area (Å²) in [6.45, 7) is 1.82. The van der Waals surface area contributed by atoms with Crippen LogP contribution in [0.1, 0.15) is 12.5 Å². The molecule has 118 valence electrons. The summed E-state index contributed by atoms with van der Waals surface area (Å²) in [4.78, 5) is 11.7. The van der Waals surface area contributed by atoms with Crippen LogP contribution in [0.15, 0.2) is 18.2 Å². The van der Waals surface area contributed by atoms with Gasteiger partial charge in [0.05, 0.1) is 19.4 Å². The third kappa shape index (κ3) is 6.01. The van der Waals surface area contributed by atoms with E-state index in [4.69, 9.17) is 4.74 Å². The third-order valence-corrected chi connectivity index (χ3v) is 3.52. The van der Waals surface area contributed by atoms with Crippen LogP contribution < -0.4 is 14.8 Å². The fourth-order valence-electron chi connectivity index (χ4n) is 1.74. The normalized spacial score (nSPS) is 12.7. The molecule has 0 radical (unpaired) electrons. The molecule has 8 heteroatoms. The zero-order valence-electron chi connectivity index (χ0n) is 12.2. The van der Waals surface area contributed by atoms with E-state index in [0.29, 0.717) is 18.7 Å². The van der Waals surface area contributed by atoms with E-state index in [1.165, 1.54) is 20.1 Å². The second kappa shape index (κ2) is 7.28. The number of benzene rings is 1. The second-order valence-electron chi connectivity index (χ2n) is 4.66. The molecule has 0 aliphatic carbocycles. The number of nitrogens with one attached hydrogen (secondary N) is 2. The first-order valence-electron chi connectivity index (χ1n) is 6.34. The molecule has 0 aliphatic heterocycles. The molecule has 21 heavy (non-hydrogen) atoms. The maximum atomic E-state index is 11.7. The molecular weight excluding hydrogens is 296 g/mol. The average Bonchev–Trinajstić information content (AvgIpc) is 2.38. The van der Waals surface area contributed by atoms with E-state index in [-0.39, 0.29) is 5.75 Å². The SMILES string of the molecule is COc1cc(CCNC(=O)C(C)NS(C)(=O)=O)ccc1O. The maximum absolute atomic E-state index is 11.7. The molecule has 1 atom stereocenters. The van der Waals surface area contributed by atoms with Crippen molar-refractivity contribution < 1.29 is 23.1 Å². The first-order chi connectivity index (χ1) is 9.73. The minimum absolute atomic E-state index is 0.0521. The molecule has 0 heterocycles. The number of ether oxygens (including phenoxy) is 1. The molecule has 0 bridgehead atoms. The predicted molar refractivity (Wildman–Crippen MR) is 78.8 cm³/mol. The summed E-state index contributed by atoms with van der Waals surface area (Å²) in [5.41, 5.74) is 0.883. The number of phenolic OH excluding ortho intramolecular Hbond substituents is 1. The number of aromatic hydroxyl groups is 1. The molecule has 0 aliphatic rings. The number of rotatable bonds is 7. The van der Waals surface area contributed by atoms with Crippen LogP contribution in [0.4, 0.5) is 0 Å². The van der Waals surface area contributed by atoms with Crippen molar-refractivity contribution in [3.05, 3.63) is 23.8 Å². The summed E-state index contributed by atoms with van der Waals surface area (Å²) < 4.78 is 29.2. The number of phenols is 1. The predicted octanol–water partition coefficient (Wildman–Crippen LogP) is -0.00280. The highest BCUT2D eigenvalue weighted by Gasteiger charge is 2.16. The number of methoxy groups -OCH3 is 1. The third-order valence-electron chi connectivity index (χ3n) is 2.74. The molecule has 7 nitrogen and oxygen atoms in total. The number of carbonyl (C=O) groups is 1. The van der Waals surface area contributed by atoms with Gasteiger partial charge in [0.15, 0.2) is 11.5 Å². The highest BCUT2D eigenvalue weighted by atomic mass is 32.2. The Morgan fingerprint density at radius 1 is 1.43 bits per heavy atom. The molecule has 0 fully saturated rings. The van der Waals surface area contributed by atoms with Crippen molar-refractivity contribution in [3.8, 4) is 11.5 Å². The van der Waals surface area contributed by atoms with Crippen molar-refractivity contribution in [3.63, 3.8) is 0 Å². The van der Waals surface area contributed by atoms with Crippen LogP contribution in [0, 0.1) is 0 Å². The number of carbonyl (C=O) groups excluding carboxylic acids is 1. The smallest absolute Gasteiger partial charge is 0.237 e. The number of hydrogen-bond donors (Lipinski definition) is 3. The van der Waals surface area contributed by atoms with Gasteiger partial charge in [-0.1, -0.05) is 6.07 Å². The lowest BCUT2D eigenvalue weighted by Gasteiger charge is -2.13. The van der Waals surface area contributed by atoms with Gasteiger partial charge in [0.2, 0.25) is 15.9 Å². The quantitative estimate of drug-likeness (QED) is 0.656. The lowest BCUT2D eigenvalue weighted by Crippen LogP contribution is -2.44. The Bertz CT molecular complexity index is 601. The molecule has 1 rings (SSSR count). The van der Waals surface area contributed by atoms with E-state index >= 15 is 0 Å². The Hall–Kier alpha value is -1.80. The van der Waals surface area contributed by atoms with Gasteiger partial charge in [-0.15, -0.1) is 0 Å². The molecule has 1 aromatic carbocycles. The molecule has 0 aromatic heterocycles. The van der Waals surface area contributed by atoms with E-state index in [1.54, 1.807) is 12.1 Å². The van der Waals surface area contributed by atoms with Crippen molar-refractivity contribution >= 4 is 15.9 Å². The summed E-state index contributed by atoms with van der Waals surface area (Å²) in [5, 5.41) is 12.1. The Morgan fingerprint density at radius 2 is 2.10 bits per heavy atom. The molecule has 1 aromatic rings. The van der Waals surface area contributed by atoms with Gasteiger partial charge in [-0.3, -0.25) is 4.79 Å². The Labute approximate surface area is 124 Å². The summed E-state index contributed by atoms with van der Waals surface area (Å²) >= 11 is 0. The summed E-state index contributed by atoms with van der Waals surface area (Å²) in [5.74, 6) is 0.0216. The number of amides is 1. The second-order valence-corrected chi connectivity index (χ2v) is 6.44. The van der Waals surface area contributed by atoms with Crippen LogP contribution in [0.2, 0.25) is 0 Å². The van der Waals surface area contributed by atoms with Gasteiger partial charge in [0, 0.05) is 6.54 Å². The maximum Gasteiger partial charge on any atom is 0.237 e. The van der Waals surface area contributed by atoms with Gasteiger partial charge in [0.25, 0.3) is 0 Å². The molecule has 1 unspecified atom stereocenters. The van der Waals surface area contributed by atoms with Crippen LogP contribution in [0.25, 0.3) is 0 Å². The summed E-state index contributed by atoms with van der Waals surface area (Å²) in [6.07, 6.45) is 1.54. The van der Waals surface area contributed by atoms with Crippen LogP contribution in [0.5, 0.6) is 11.5 Å². The zero-order chi connectivity index (χ0) is 16.0. The van der Waals surface area contributed by atoms with Crippen LogP contribution in [-0.4, -0.2) is 45.4 Å². The molecule has 0 saturated heterocycles. The van der Waals surface area contributed by atoms with Gasteiger partial charge in [-0.25, -0.2) is 13.1 Å². The summed E-state index contributed by atoms with van der Waals surface area (Å²) in [7, 11) is -1.96. The van der Waals surface area contributed by atoms with E-state index in [2.05, 4.69) is 10.0 Å². The van der Waals surface area contributed by atoms with Crippen LogP contribution in [0.3, 0.4) is 0 Å². The van der Waals surface area contributed by atoms with Crippen molar-refractivity contribution in [1.82, 2.24) is 10.0 Å². The zero-order valence-corrected chi connectivity index (χ0v) is 13.0. The lowest BCUT2D eigenvalue weighted by atomic mass is 10.1. The minimum atomic E-state index is -3.41. The van der Waals surface area contributed by atoms with Gasteiger partial charge >= 0.3 is 0 Å². The molecule has 0 spiro atoms. The van der Waals surface area contributed by atoms with E-state index in [1.807, 2.05) is 0 Å². The van der Waals surface area contributed by atoms with E-state index < -0.39 is 22.0 Å². The van der Waals surface area contributed by atoms with Crippen molar-refractivity contribution in [1.29, 1.82) is 0 Å². The van der Waals surface area contributed by atoms with Crippen LogP contribution in [-0.2, 0) is 21.2 Å². The average molecular weight is 316 g/mol. The van der Waals surface area contributed by atoms with Gasteiger partial charge in [-0.2, -0.15) is 0 Å². The standard InChI is InChI=1S/C13H20N2O5S/c1-9(15-21(3,18)19)13(17)14-7-6-10-4-5-11(16)12(8-10)20-2/h4-5,8-9,15-16H,6-7H2,1-3H3,(H,14,17). The Kier molecular flexibility index (Phi) is 5.98. The molecule has 0 saturated carbocycles. The molecule has 3 N–H and O–H groups in total. The highest BCUT2D eigenvalue weighted by molar-refractivity contribution is 7.88. The summed E-state index contributed by atoms with van der Waals surface area (Å²) in [6, 6.07) is 4.10. The fourth-order valence-corrected chi connectivity index (χ4v) is 2.48. The largest absolute Gasteiger partial charge is 0.504 e. The first-order valence-corrected chi connectivity index (χ1v) is 8.23. The van der Waals surface area contributed by atoms with Crippen molar-refractivity contribution in [2.24, 2.45) is 0 Å². The molecule has 1 amide bonds. The molecular formula is C13H20N2O5S. The number of hydrogen-bond acceptors (Lipinski definition) is 5. The van der Waals surface area contributed by atoms with E-state index in [0.717, 1.165) is 11.8 Å². The van der Waals surface area contributed by atoms with Crippen molar-refractivity contribution in [2.75, 3.05) is 19.9 Å². The fraction of sp³-hybridized carbons (Fsp3) is 0.462. The monoisotopic (exact) mass is 316 g/mol. The lowest BCUT2D eigenvalue weighted by molar-refractivity contribution is -0.122. The van der Waals surface area contributed by atoms with Gasteiger partial charge in [-0.05, 0) is 31.0 Å².